The summed E-state index contributed by atoms with van der Waals surface area (Å²) < 4.78 is 7.06. The number of methoxy groups -OCH3 is 1. The van der Waals surface area contributed by atoms with Crippen LogP contribution in [0.4, 0.5) is 5.00 Å². The number of thiazole rings is 1. The Kier molecular flexibility index (Phi) is 3.06. The van der Waals surface area contributed by atoms with Crippen molar-refractivity contribution in [1.82, 2.24) is 14.8 Å². The van der Waals surface area contributed by atoms with Gasteiger partial charge in [-0.05, 0) is 13.3 Å². The Hall–Kier alpha value is -1.56. The van der Waals surface area contributed by atoms with Crippen molar-refractivity contribution in [2.45, 2.75) is 20.3 Å². The molecule has 0 unspecified atom stereocenters. The lowest BCUT2D eigenvalue weighted by molar-refractivity contribution is 0.374. The van der Waals surface area contributed by atoms with Crippen molar-refractivity contribution in [3.63, 3.8) is 0 Å². The molecule has 0 spiro atoms. The van der Waals surface area contributed by atoms with E-state index in [4.69, 9.17) is 10.5 Å². The van der Waals surface area contributed by atoms with Crippen molar-refractivity contribution in [3.05, 3.63) is 10.7 Å². The number of ether oxygens (including phenoxy) is 1. The van der Waals surface area contributed by atoms with Gasteiger partial charge in [-0.2, -0.15) is 5.10 Å². The highest BCUT2D eigenvalue weighted by Gasteiger charge is 2.21. The topological polar surface area (TPSA) is 66.0 Å². The molecule has 0 radical (unpaired) electrons. The molecule has 0 aromatic carbocycles. The number of nitrogens with zero attached hydrogens (tertiary/aromatic N) is 3. The first-order valence-corrected chi connectivity index (χ1v) is 6.23. The maximum absolute atomic E-state index is 6.01. The molecule has 0 bridgehead atoms. The third-order valence-corrected chi connectivity index (χ3v) is 3.63. The Morgan fingerprint density at radius 2 is 2.18 bits per heavy atom. The van der Waals surface area contributed by atoms with Crippen LogP contribution in [0.15, 0.2) is 0 Å². The van der Waals surface area contributed by atoms with Crippen molar-refractivity contribution in [2.75, 3.05) is 12.8 Å². The third kappa shape index (κ3) is 1.88. The number of nitrogens with two attached hydrogens (primary N) is 1. The largest absolute Gasteiger partial charge is 0.481 e. The molecule has 2 aromatic rings. The second-order valence-corrected chi connectivity index (χ2v) is 4.88. The predicted octanol–water partition coefficient (Wildman–Crippen LogP) is 2.01. The molecule has 17 heavy (non-hydrogen) atoms. The number of aryl methyl sites for hydroxylation is 3. The van der Waals surface area contributed by atoms with E-state index in [0.29, 0.717) is 5.88 Å². The zero-order valence-corrected chi connectivity index (χ0v) is 11.3. The summed E-state index contributed by atoms with van der Waals surface area (Å²) in [7, 11) is 3.47. The molecule has 0 saturated heterocycles. The summed E-state index contributed by atoms with van der Waals surface area (Å²) in [6.45, 7) is 4.00. The Balaban J connectivity index is 2.62. The zero-order chi connectivity index (χ0) is 12.6. The van der Waals surface area contributed by atoms with E-state index in [0.717, 1.165) is 33.4 Å². The van der Waals surface area contributed by atoms with Crippen LogP contribution in [0.25, 0.3) is 11.3 Å². The molecular formula is C11H16N4OS. The minimum absolute atomic E-state index is 0.696. The Bertz CT molecular complexity index is 544. The molecule has 0 atom stereocenters. The van der Waals surface area contributed by atoms with Crippen LogP contribution < -0.4 is 10.5 Å². The predicted molar refractivity (Wildman–Crippen MR) is 69.4 cm³/mol. The fourth-order valence-corrected chi connectivity index (χ4v) is 2.63. The van der Waals surface area contributed by atoms with Gasteiger partial charge in [-0.25, -0.2) is 9.67 Å². The molecule has 0 aliphatic heterocycles. The van der Waals surface area contributed by atoms with Crippen molar-refractivity contribution >= 4 is 16.3 Å². The first kappa shape index (κ1) is 11.9. The highest BCUT2D eigenvalue weighted by molar-refractivity contribution is 7.16. The molecular weight excluding hydrogens is 236 g/mol. The molecule has 0 aliphatic rings. The number of anilines is 1. The monoisotopic (exact) mass is 252 g/mol. The lowest BCUT2D eigenvalue weighted by atomic mass is 10.2. The Labute approximate surface area is 104 Å². The molecule has 2 heterocycles. The number of aromatic nitrogens is 3. The van der Waals surface area contributed by atoms with Gasteiger partial charge in [0.15, 0.2) is 0 Å². The Morgan fingerprint density at radius 3 is 2.71 bits per heavy atom. The molecule has 0 aliphatic carbocycles. The first-order chi connectivity index (χ1) is 8.08. The molecule has 0 amide bonds. The molecule has 5 nitrogen and oxygen atoms in total. The molecule has 0 saturated carbocycles. The lowest BCUT2D eigenvalue weighted by Crippen LogP contribution is -1.96. The van der Waals surface area contributed by atoms with Crippen molar-refractivity contribution in [1.29, 1.82) is 0 Å². The van der Waals surface area contributed by atoms with Crippen LogP contribution >= 0.6 is 11.3 Å². The van der Waals surface area contributed by atoms with Gasteiger partial charge in [-0.15, -0.1) is 11.3 Å². The van der Waals surface area contributed by atoms with Crippen LogP contribution in [-0.2, 0) is 13.5 Å². The standard InChI is InChI=1S/C11H16N4OS/c1-5-7-13-9(10(12)17-7)8-6(2)14-15(3)11(8)16-4/h5,12H2,1-4H3. The number of rotatable bonds is 3. The van der Waals surface area contributed by atoms with Crippen LogP contribution in [0.3, 0.4) is 0 Å². The normalized spacial score (nSPS) is 10.8. The van der Waals surface area contributed by atoms with E-state index in [1.54, 1.807) is 11.8 Å². The van der Waals surface area contributed by atoms with Crippen molar-refractivity contribution in [3.8, 4) is 17.1 Å². The minimum Gasteiger partial charge on any atom is -0.481 e. The number of nitrogen functional groups attached to an aromatic ring is 1. The summed E-state index contributed by atoms with van der Waals surface area (Å²) in [5.41, 5.74) is 8.57. The van der Waals surface area contributed by atoms with Gasteiger partial charge in [0.2, 0.25) is 5.88 Å². The van der Waals surface area contributed by atoms with Crippen molar-refractivity contribution < 1.29 is 4.74 Å². The van der Waals surface area contributed by atoms with Crippen LogP contribution in [0, 0.1) is 6.92 Å². The van der Waals surface area contributed by atoms with Gasteiger partial charge in [0, 0.05) is 7.05 Å². The van der Waals surface area contributed by atoms with Gasteiger partial charge in [0.1, 0.15) is 10.7 Å². The molecule has 2 aromatic heterocycles. The fraction of sp³-hybridized carbons (Fsp3) is 0.455. The average molecular weight is 252 g/mol. The van der Waals surface area contributed by atoms with Crippen LogP contribution in [-0.4, -0.2) is 21.9 Å². The van der Waals surface area contributed by atoms with Gasteiger partial charge >= 0.3 is 0 Å². The molecule has 2 rings (SSSR count). The van der Waals surface area contributed by atoms with E-state index < -0.39 is 0 Å². The number of hydrogen-bond acceptors (Lipinski definition) is 5. The average Bonchev–Trinajstić information content (AvgIpc) is 2.78. The lowest BCUT2D eigenvalue weighted by Gasteiger charge is -2.03. The van der Waals surface area contributed by atoms with Gasteiger partial charge in [-0.1, -0.05) is 6.92 Å². The van der Waals surface area contributed by atoms with Gasteiger partial charge in [0.25, 0.3) is 0 Å². The second kappa shape index (κ2) is 4.37. The molecule has 6 heteroatoms. The summed E-state index contributed by atoms with van der Waals surface area (Å²) in [6, 6.07) is 0. The SMILES string of the molecule is CCc1nc(-c2c(C)nn(C)c2OC)c(N)s1. The van der Waals surface area contributed by atoms with Gasteiger partial charge in [-0.3, -0.25) is 0 Å². The maximum Gasteiger partial charge on any atom is 0.221 e. The van der Waals surface area contributed by atoms with Crippen LogP contribution in [0.2, 0.25) is 0 Å². The number of hydrogen-bond donors (Lipinski definition) is 1. The summed E-state index contributed by atoms with van der Waals surface area (Å²) in [6.07, 6.45) is 0.885. The maximum atomic E-state index is 6.01. The minimum atomic E-state index is 0.696. The second-order valence-electron chi connectivity index (χ2n) is 3.77. The Morgan fingerprint density at radius 1 is 1.47 bits per heavy atom. The van der Waals surface area contributed by atoms with Crippen LogP contribution in [0.5, 0.6) is 5.88 Å². The highest BCUT2D eigenvalue weighted by Crippen LogP contribution is 2.38. The highest BCUT2D eigenvalue weighted by atomic mass is 32.1. The van der Waals surface area contributed by atoms with Gasteiger partial charge in [0.05, 0.1) is 23.4 Å². The quantitative estimate of drug-likeness (QED) is 0.907. The van der Waals surface area contributed by atoms with Crippen molar-refractivity contribution in [2.24, 2.45) is 7.05 Å². The zero-order valence-electron chi connectivity index (χ0n) is 10.4. The fourth-order valence-electron chi connectivity index (χ4n) is 1.85. The first-order valence-electron chi connectivity index (χ1n) is 5.41. The summed E-state index contributed by atoms with van der Waals surface area (Å²) >= 11 is 1.52. The molecule has 2 N–H and O–H groups in total. The molecule has 0 fully saturated rings. The van der Waals surface area contributed by atoms with E-state index in [2.05, 4.69) is 17.0 Å². The summed E-state index contributed by atoms with van der Waals surface area (Å²) in [5, 5.41) is 6.08. The summed E-state index contributed by atoms with van der Waals surface area (Å²) in [5.74, 6) is 0.696. The molecule has 92 valence electrons. The smallest absolute Gasteiger partial charge is 0.221 e. The van der Waals surface area contributed by atoms with E-state index in [9.17, 15) is 0 Å². The van der Waals surface area contributed by atoms with E-state index in [-0.39, 0.29) is 0 Å². The summed E-state index contributed by atoms with van der Waals surface area (Å²) in [4.78, 5) is 4.54. The van der Waals surface area contributed by atoms with Crippen LogP contribution in [0.1, 0.15) is 17.6 Å². The van der Waals surface area contributed by atoms with E-state index in [1.165, 1.54) is 11.3 Å². The van der Waals surface area contributed by atoms with E-state index >= 15 is 0 Å². The van der Waals surface area contributed by atoms with Gasteiger partial charge < -0.3 is 10.5 Å². The van der Waals surface area contributed by atoms with E-state index in [1.807, 2.05) is 14.0 Å². The third-order valence-electron chi connectivity index (χ3n) is 2.60.